The van der Waals surface area contributed by atoms with Gasteiger partial charge in [0, 0.05) is 31.4 Å². The number of hydrogen-bond donors (Lipinski definition) is 3. The second-order valence-corrected chi connectivity index (χ2v) is 11.3. The predicted octanol–water partition coefficient (Wildman–Crippen LogP) is 6.47. The van der Waals surface area contributed by atoms with Crippen LogP contribution in [0, 0.1) is 0 Å². The van der Waals surface area contributed by atoms with Gasteiger partial charge in [-0.1, -0.05) is 96.0 Å². The summed E-state index contributed by atoms with van der Waals surface area (Å²) < 4.78 is 14.6. The average molecular weight is 639 g/mol. The number of carboxylic acid groups (broad SMARTS) is 1. The predicted molar refractivity (Wildman–Crippen MR) is 166 cm³/mol. The molecule has 0 radical (unpaired) electrons. The number of aliphatic carboxylic acids is 1. The molecule has 1 amide bonds. The van der Waals surface area contributed by atoms with Crippen LogP contribution in [-0.2, 0) is 38.8 Å². The summed E-state index contributed by atoms with van der Waals surface area (Å²) in [6.45, 7) is 0.740. The lowest BCUT2D eigenvalue weighted by molar-refractivity contribution is -0.252. The molecule has 230 valence electrons. The summed E-state index contributed by atoms with van der Waals surface area (Å²) in [6.07, 6.45) is 1.44. The number of carbonyl (C=O) groups is 2. The van der Waals surface area contributed by atoms with E-state index in [1.807, 2.05) is 72.8 Å². The Morgan fingerprint density at radius 2 is 1.68 bits per heavy atom. The molecule has 0 saturated carbocycles. The standard InChI is InChI=1S/C33H33Cl2N3O6/c34-31-32(35)38(20-37-31)18-26-16-28(23-10-8-21(19-39)9-11-23)44-33(43-26)24-14-12-22(13-15-24)27-5-2-1-4-25(27)17-36-29(40)6-3-7-30(41)42/h1-2,4-5,8-15,20,26,28,33,39H,3,6-7,16-19H2,(H,36,40)(H,41,42)/t26-,28+,33+/m0/s1. The Kier molecular flexibility index (Phi) is 10.7. The van der Waals surface area contributed by atoms with Gasteiger partial charge in [0.2, 0.25) is 5.91 Å². The van der Waals surface area contributed by atoms with Crippen LogP contribution in [0.5, 0.6) is 0 Å². The number of aliphatic hydroxyl groups excluding tert-OH is 1. The average Bonchev–Trinajstić information content (AvgIpc) is 3.36. The van der Waals surface area contributed by atoms with Crippen LogP contribution >= 0.6 is 23.2 Å². The van der Waals surface area contributed by atoms with Gasteiger partial charge in [-0.25, -0.2) is 4.98 Å². The molecule has 3 atom stereocenters. The van der Waals surface area contributed by atoms with Crippen LogP contribution in [0.2, 0.25) is 10.3 Å². The molecule has 0 aliphatic carbocycles. The van der Waals surface area contributed by atoms with Crippen LogP contribution in [0.25, 0.3) is 11.1 Å². The number of amides is 1. The van der Waals surface area contributed by atoms with E-state index in [1.54, 1.807) is 10.9 Å². The molecule has 0 spiro atoms. The summed E-state index contributed by atoms with van der Waals surface area (Å²) in [6, 6.07) is 23.4. The number of carboxylic acids is 1. The summed E-state index contributed by atoms with van der Waals surface area (Å²) in [7, 11) is 0. The number of ether oxygens (including phenoxy) is 2. The lowest BCUT2D eigenvalue weighted by atomic mass is 9.97. The number of benzene rings is 3. The van der Waals surface area contributed by atoms with Crippen LogP contribution in [0.1, 0.15) is 60.3 Å². The molecule has 11 heteroatoms. The minimum absolute atomic E-state index is 0.0330. The molecule has 3 N–H and O–H groups in total. The van der Waals surface area contributed by atoms with Gasteiger partial charge in [-0.3, -0.25) is 9.59 Å². The Morgan fingerprint density at radius 3 is 2.36 bits per heavy atom. The maximum atomic E-state index is 12.2. The number of imidazole rings is 1. The maximum absolute atomic E-state index is 12.2. The number of hydrogen-bond acceptors (Lipinski definition) is 6. The van der Waals surface area contributed by atoms with E-state index in [9.17, 15) is 14.7 Å². The summed E-state index contributed by atoms with van der Waals surface area (Å²) >= 11 is 12.4. The lowest BCUT2D eigenvalue weighted by Gasteiger charge is -2.36. The van der Waals surface area contributed by atoms with Crippen molar-refractivity contribution in [3.05, 3.63) is 112 Å². The van der Waals surface area contributed by atoms with Gasteiger partial charge >= 0.3 is 5.97 Å². The second kappa shape index (κ2) is 14.8. The normalized spacial score (nSPS) is 18.2. The largest absolute Gasteiger partial charge is 0.481 e. The Hall–Kier alpha value is -3.73. The lowest BCUT2D eigenvalue weighted by Crippen LogP contribution is -2.32. The highest BCUT2D eigenvalue weighted by atomic mass is 35.5. The van der Waals surface area contributed by atoms with Gasteiger partial charge in [0.25, 0.3) is 0 Å². The molecule has 1 aliphatic rings. The summed E-state index contributed by atoms with van der Waals surface area (Å²) in [5.41, 5.74) is 5.52. The van der Waals surface area contributed by atoms with Gasteiger partial charge in [-0.05, 0) is 34.2 Å². The monoisotopic (exact) mass is 637 g/mol. The van der Waals surface area contributed by atoms with Crippen LogP contribution in [0.3, 0.4) is 0 Å². The highest BCUT2D eigenvalue weighted by molar-refractivity contribution is 6.40. The van der Waals surface area contributed by atoms with Crippen LogP contribution in [0.15, 0.2) is 79.1 Å². The first-order valence-corrected chi connectivity index (χ1v) is 15.1. The molecular weight excluding hydrogens is 605 g/mol. The first-order valence-electron chi connectivity index (χ1n) is 14.3. The Bertz CT molecular complexity index is 1580. The van der Waals surface area contributed by atoms with Crippen molar-refractivity contribution in [2.75, 3.05) is 0 Å². The van der Waals surface area contributed by atoms with Gasteiger partial charge in [-0.15, -0.1) is 0 Å². The van der Waals surface area contributed by atoms with Crippen molar-refractivity contribution < 1.29 is 29.3 Å². The molecule has 1 aliphatic heterocycles. The van der Waals surface area contributed by atoms with E-state index in [0.29, 0.717) is 31.1 Å². The summed E-state index contributed by atoms with van der Waals surface area (Å²) in [5, 5.41) is 21.7. The van der Waals surface area contributed by atoms with Crippen molar-refractivity contribution in [2.45, 2.75) is 63.9 Å². The highest BCUT2D eigenvalue weighted by Crippen LogP contribution is 2.39. The third kappa shape index (κ3) is 8.05. The van der Waals surface area contributed by atoms with Gasteiger partial charge in [0.05, 0.1) is 31.7 Å². The molecule has 44 heavy (non-hydrogen) atoms. The second-order valence-electron chi connectivity index (χ2n) is 10.6. The summed E-state index contributed by atoms with van der Waals surface area (Å²) in [5.74, 6) is -1.09. The minimum Gasteiger partial charge on any atom is -0.481 e. The zero-order valence-electron chi connectivity index (χ0n) is 23.9. The van der Waals surface area contributed by atoms with Gasteiger partial charge < -0.3 is 29.6 Å². The third-order valence-corrected chi connectivity index (χ3v) is 8.30. The van der Waals surface area contributed by atoms with Gasteiger partial charge in [0.1, 0.15) is 5.15 Å². The van der Waals surface area contributed by atoms with Gasteiger partial charge in [0.15, 0.2) is 11.4 Å². The van der Waals surface area contributed by atoms with Crippen LogP contribution in [0.4, 0.5) is 0 Å². The van der Waals surface area contributed by atoms with Crippen molar-refractivity contribution in [1.29, 1.82) is 0 Å². The van der Waals surface area contributed by atoms with Gasteiger partial charge in [-0.2, -0.15) is 0 Å². The van der Waals surface area contributed by atoms with Crippen LogP contribution < -0.4 is 5.32 Å². The third-order valence-electron chi connectivity index (χ3n) is 7.53. The molecule has 1 aromatic heterocycles. The van der Waals surface area contributed by atoms with Crippen molar-refractivity contribution >= 4 is 35.1 Å². The molecule has 1 fully saturated rings. The number of rotatable bonds is 12. The van der Waals surface area contributed by atoms with E-state index in [4.69, 9.17) is 37.8 Å². The molecule has 2 heterocycles. The zero-order valence-corrected chi connectivity index (χ0v) is 25.4. The van der Waals surface area contributed by atoms with E-state index in [2.05, 4.69) is 10.3 Å². The quantitative estimate of drug-likeness (QED) is 0.163. The highest BCUT2D eigenvalue weighted by Gasteiger charge is 2.33. The molecule has 3 aromatic carbocycles. The topological polar surface area (TPSA) is 123 Å². The van der Waals surface area contributed by atoms with E-state index in [-0.39, 0.29) is 42.7 Å². The van der Waals surface area contributed by atoms with E-state index in [0.717, 1.165) is 33.4 Å². The number of aromatic nitrogens is 2. The fourth-order valence-electron chi connectivity index (χ4n) is 5.18. The first kappa shape index (κ1) is 31.7. The molecule has 1 saturated heterocycles. The fraction of sp³-hybridized carbons (Fsp3) is 0.303. The molecule has 0 bridgehead atoms. The minimum atomic E-state index is -0.911. The van der Waals surface area contributed by atoms with E-state index >= 15 is 0 Å². The SMILES string of the molecule is O=C(O)CCCC(=O)NCc1ccccc1-c1ccc([C@@H]2O[C@H](Cn3cnc(Cl)c3Cl)C[C@H](c3ccc(CO)cc3)O2)cc1. The Morgan fingerprint density at radius 1 is 0.955 bits per heavy atom. The fourth-order valence-corrected chi connectivity index (χ4v) is 5.49. The molecule has 4 aromatic rings. The number of aliphatic hydroxyl groups is 1. The van der Waals surface area contributed by atoms with Crippen LogP contribution in [-0.4, -0.2) is 37.7 Å². The van der Waals surface area contributed by atoms with Crippen molar-refractivity contribution in [1.82, 2.24) is 14.9 Å². The Balaban J connectivity index is 1.32. The van der Waals surface area contributed by atoms with E-state index in [1.165, 1.54) is 0 Å². The van der Waals surface area contributed by atoms with Crippen molar-refractivity contribution in [3.63, 3.8) is 0 Å². The van der Waals surface area contributed by atoms with E-state index < -0.39 is 12.3 Å². The zero-order chi connectivity index (χ0) is 31.1. The van der Waals surface area contributed by atoms with Crippen molar-refractivity contribution in [2.24, 2.45) is 0 Å². The summed E-state index contributed by atoms with van der Waals surface area (Å²) in [4.78, 5) is 27.0. The number of carbonyl (C=O) groups excluding carboxylic acids is 1. The number of nitrogens with one attached hydrogen (secondary N) is 1. The number of nitrogens with zero attached hydrogens (tertiary/aromatic N) is 2. The maximum Gasteiger partial charge on any atom is 0.303 e. The molecule has 0 unspecified atom stereocenters. The Labute approximate surface area is 265 Å². The first-order chi connectivity index (χ1) is 21.3. The molecule has 9 nitrogen and oxygen atoms in total. The van der Waals surface area contributed by atoms with Crippen molar-refractivity contribution in [3.8, 4) is 11.1 Å². The molecule has 5 rings (SSSR count). The molecular formula is C33H33Cl2N3O6. The number of halogens is 2. The smallest absolute Gasteiger partial charge is 0.303 e.